The molecule has 0 unspecified atom stereocenters. The molecule has 0 N–H and O–H groups in total. The first-order valence-electron chi connectivity index (χ1n) is 5.70. The number of hydrogen-bond acceptors (Lipinski definition) is 5. The fourth-order valence-electron chi connectivity index (χ4n) is 1.58. The molecule has 1 aromatic rings. The van der Waals surface area contributed by atoms with Gasteiger partial charge in [-0.15, -0.1) is 0 Å². The van der Waals surface area contributed by atoms with Gasteiger partial charge in [-0.1, -0.05) is 6.07 Å². The van der Waals surface area contributed by atoms with Gasteiger partial charge in [0.15, 0.2) is 0 Å². The molecule has 0 spiro atoms. The van der Waals surface area contributed by atoms with Crippen LogP contribution in [0.4, 0.5) is 18.9 Å². The Morgan fingerprint density at radius 1 is 1.29 bits per heavy atom. The third-order valence-electron chi connectivity index (χ3n) is 2.68. The van der Waals surface area contributed by atoms with Gasteiger partial charge in [0, 0.05) is 18.7 Å². The van der Waals surface area contributed by atoms with E-state index in [4.69, 9.17) is 0 Å². The van der Waals surface area contributed by atoms with Crippen LogP contribution in [0.5, 0.6) is 0 Å². The maximum atomic E-state index is 12.7. The van der Waals surface area contributed by atoms with Crippen LogP contribution in [0.3, 0.4) is 0 Å². The molecule has 118 valence electrons. The van der Waals surface area contributed by atoms with Gasteiger partial charge < -0.3 is 4.90 Å². The van der Waals surface area contributed by atoms with E-state index in [0.29, 0.717) is 12.6 Å². The van der Waals surface area contributed by atoms with Gasteiger partial charge in [-0.3, -0.25) is 10.1 Å². The fourth-order valence-corrected chi connectivity index (χ4v) is 2.62. The molecule has 1 rings (SSSR count). The standard InChI is InChI=1S/C11H13F3N2O4S/c1-15(2)6-5-8-3-4-9(16(17)18)7-10(8)21(19,20)11(12,13)14/h3-4,7H,5-6H2,1-2H3. The van der Waals surface area contributed by atoms with Crippen molar-refractivity contribution in [2.24, 2.45) is 0 Å². The summed E-state index contributed by atoms with van der Waals surface area (Å²) in [5, 5.41) is 10.6. The largest absolute Gasteiger partial charge is 0.501 e. The van der Waals surface area contributed by atoms with E-state index in [1.165, 1.54) is 0 Å². The molecule has 1 aromatic carbocycles. The predicted octanol–water partition coefficient (Wildman–Crippen LogP) is 1.99. The Labute approximate surface area is 119 Å². The second-order valence-corrected chi connectivity index (χ2v) is 6.46. The second kappa shape index (κ2) is 5.98. The number of benzene rings is 1. The minimum Gasteiger partial charge on any atom is -0.309 e. The van der Waals surface area contributed by atoms with E-state index in [-0.39, 0.29) is 12.0 Å². The molecule has 0 aliphatic rings. The summed E-state index contributed by atoms with van der Waals surface area (Å²) in [6, 6.07) is 2.48. The first-order chi connectivity index (χ1) is 9.46. The average molecular weight is 326 g/mol. The zero-order valence-electron chi connectivity index (χ0n) is 11.2. The number of non-ortho nitro benzene ring substituents is 1. The van der Waals surface area contributed by atoms with Crippen LogP contribution in [0, 0.1) is 10.1 Å². The lowest BCUT2D eigenvalue weighted by Gasteiger charge is -2.14. The Balaban J connectivity index is 3.43. The van der Waals surface area contributed by atoms with Gasteiger partial charge in [-0.2, -0.15) is 13.2 Å². The summed E-state index contributed by atoms with van der Waals surface area (Å²) in [6.07, 6.45) is 0.0235. The van der Waals surface area contributed by atoms with Gasteiger partial charge in [-0.25, -0.2) is 8.42 Å². The van der Waals surface area contributed by atoms with Crippen molar-refractivity contribution in [2.45, 2.75) is 16.8 Å². The zero-order valence-corrected chi connectivity index (χ0v) is 12.0. The van der Waals surface area contributed by atoms with Crippen molar-refractivity contribution in [2.75, 3.05) is 20.6 Å². The van der Waals surface area contributed by atoms with E-state index in [2.05, 4.69) is 0 Å². The molecule has 10 heteroatoms. The maximum Gasteiger partial charge on any atom is 0.501 e. The number of nitro benzene ring substituents is 1. The monoisotopic (exact) mass is 326 g/mol. The SMILES string of the molecule is CN(C)CCc1ccc([N+](=O)[O-])cc1S(=O)(=O)C(F)(F)F. The number of rotatable bonds is 5. The number of nitrogens with zero attached hydrogens (tertiary/aromatic N) is 2. The topological polar surface area (TPSA) is 80.5 Å². The zero-order chi connectivity index (χ0) is 16.4. The third-order valence-corrected chi connectivity index (χ3v) is 4.25. The number of nitro groups is 1. The number of likely N-dealkylation sites (N-methyl/N-ethyl adjacent to an activating group) is 1. The van der Waals surface area contributed by atoms with Gasteiger partial charge >= 0.3 is 5.51 Å². The quantitative estimate of drug-likeness (QED) is 0.610. The summed E-state index contributed by atoms with van der Waals surface area (Å²) in [6.45, 7) is 0.304. The molecular weight excluding hydrogens is 313 g/mol. The highest BCUT2D eigenvalue weighted by Gasteiger charge is 2.48. The predicted molar refractivity (Wildman–Crippen MR) is 68.6 cm³/mol. The molecule has 21 heavy (non-hydrogen) atoms. The van der Waals surface area contributed by atoms with Gasteiger partial charge in [0.05, 0.1) is 9.82 Å². The molecule has 0 saturated carbocycles. The molecule has 0 heterocycles. The minimum absolute atomic E-state index is 0.0235. The Morgan fingerprint density at radius 3 is 2.29 bits per heavy atom. The Morgan fingerprint density at radius 2 is 1.86 bits per heavy atom. The van der Waals surface area contributed by atoms with Crippen molar-refractivity contribution in [3.05, 3.63) is 33.9 Å². The summed E-state index contributed by atoms with van der Waals surface area (Å²) in [5.74, 6) is 0. The molecule has 0 amide bonds. The Bertz CT molecular complexity index is 641. The highest BCUT2D eigenvalue weighted by Crippen LogP contribution is 2.34. The second-order valence-electron chi connectivity index (χ2n) is 4.55. The lowest BCUT2D eigenvalue weighted by Crippen LogP contribution is -2.25. The molecule has 0 aliphatic carbocycles. The number of alkyl halides is 3. The summed E-state index contributed by atoms with van der Waals surface area (Å²) in [4.78, 5) is 10.3. The molecule has 0 saturated heterocycles. The summed E-state index contributed by atoms with van der Waals surface area (Å²) in [7, 11) is -2.29. The van der Waals surface area contributed by atoms with Crippen molar-refractivity contribution < 1.29 is 26.5 Å². The molecule has 0 aromatic heterocycles. The first-order valence-corrected chi connectivity index (χ1v) is 7.18. The van der Waals surface area contributed by atoms with E-state index in [9.17, 15) is 31.7 Å². The normalized spacial score (nSPS) is 12.7. The molecular formula is C11H13F3N2O4S. The third kappa shape index (κ3) is 3.91. The molecule has 0 atom stereocenters. The van der Waals surface area contributed by atoms with E-state index in [1.54, 1.807) is 19.0 Å². The van der Waals surface area contributed by atoms with Crippen LogP contribution in [0.15, 0.2) is 23.1 Å². The number of sulfone groups is 1. The fraction of sp³-hybridized carbons (Fsp3) is 0.455. The number of halogens is 3. The first kappa shape index (κ1) is 17.4. The van der Waals surface area contributed by atoms with Crippen LogP contribution in [0.25, 0.3) is 0 Å². The van der Waals surface area contributed by atoms with Crippen LogP contribution in [0.1, 0.15) is 5.56 Å². The van der Waals surface area contributed by atoms with Crippen molar-refractivity contribution in [1.29, 1.82) is 0 Å². The molecule has 0 aliphatic heterocycles. The van der Waals surface area contributed by atoms with Crippen LogP contribution in [-0.4, -0.2) is 44.4 Å². The maximum absolute atomic E-state index is 12.7. The minimum atomic E-state index is -5.63. The van der Waals surface area contributed by atoms with Gasteiger partial charge in [-0.05, 0) is 26.1 Å². The highest BCUT2D eigenvalue weighted by molar-refractivity contribution is 7.92. The lowest BCUT2D eigenvalue weighted by atomic mass is 10.1. The summed E-state index contributed by atoms with van der Waals surface area (Å²) < 4.78 is 61.1. The molecule has 6 nitrogen and oxygen atoms in total. The van der Waals surface area contributed by atoms with Crippen molar-refractivity contribution in [3.63, 3.8) is 0 Å². The summed E-state index contributed by atoms with van der Waals surface area (Å²) >= 11 is 0. The average Bonchev–Trinajstić information content (AvgIpc) is 2.34. The Kier molecular flexibility index (Phi) is 4.95. The van der Waals surface area contributed by atoms with Gasteiger partial charge in [0.1, 0.15) is 0 Å². The van der Waals surface area contributed by atoms with Crippen molar-refractivity contribution in [1.82, 2.24) is 4.90 Å². The van der Waals surface area contributed by atoms with Crippen molar-refractivity contribution >= 4 is 15.5 Å². The van der Waals surface area contributed by atoms with Gasteiger partial charge in [0.25, 0.3) is 15.5 Å². The van der Waals surface area contributed by atoms with Crippen LogP contribution in [0.2, 0.25) is 0 Å². The summed E-state index contributed by atoms with van der Waals surface area (Å²) in [5.41, 5.74) is -6.31. The van der Waals surface area contributed by atoms with E-state index in [0.717, 1.165) is 12.1 Å². The van der Waals surface area contributed by atoms with Crippen LogP contribution < -0.4 is 0 Å². The molecule has 0 bridgehead atoms. The number of hydrogen-bond donors (Lipinski definition) is 0. The van der Waals surface area contributed by atoms with E-state index in [1.807, 2.05) is 0 Å². The van der Waals surface area contributed by atoms with E-state index >= 15 is 0 Å². The smallest absolute Gasteiger partial charge is 0.309 e. The van der Waals surface area contributed by atoms with Crippen molar-refractivity contribution in [3.8, 4) is 0 Å². The highest BCUT2D eigenvalue weighted by atomic mass is 32.2. The van der Waals surface area contributed by atoms with Crippen LogP contribution in [-0.2, 0) is 16.3 Å². The van der Waals surface area contributed by atoms with E-state index < -0.39 is 30.9 Å². The Hall–Kier alpha value is -1.68. The lowest BCUT2D eigenvalue weighted by molar-refractivity contribution is -0.385. The molecule has 0 fully saturated rings. The molecule has 0 radical (unpaired) electrons. The van der Waals surface area contributed by atoms with Crippen LogP contribution >= 0.6 is 0 Å². The van der Waals surface area contributed by atoms with Gasteiger partial charge in [0.2, 0.25) is 0 Å².